The Kier molecular flexibility index (Phi) is 5.81. The number of piperidine rings is 1. The molecule has 0 aliphatic carbocycles. The molecule has 30 heavy (non-hydrogen) atoms. The van der Waals surface area contributed by atoms with Gasteiger partial charge in [-0.25, -0.2) is 0 Å². The molecule has 1 N–H and O–H groups in total. The van der Waals surface area contributed by atoms with E-state index in [-0.39, 0.29) is 11.9 Å². The number of ether oxygens (including phenoxy) is 2. The van der Waals surface area contributed by atoms with E-state index in [0.29, 0.717) is 38.2 Å². The number of rotatable bonds is 6. The summed E-state index contributed by atoms with van der Waals surface area (Å²) in [6, 6.07) is 11.6. The van der Waals surface area contributed by atoms with Crippen molar-refractivity contribution in [3.63, 3.8) is 0 Å². The first-order valence-electron chi connectivity index (χ1n) is 10.2. The molecule has 3 heterocycles. The normalized spacial score (nSPS) is 19.1. The highest BCUT2D eigenvalue weighted by Gasteiger charge is 2.45. The largest absolute Gasteiger partial charge is 0.497 e. The summed E-state index contributed by atoms with van der Waals surface area (Å²) >= 11 is 1.60. The van der Waals surface area contributed by atoms with Crippen LogP contribution < -0.4 is 4.74 Å². The average molecular weight is 427 g/mol. The van der Waals surface area contributed by atoms with Gasteiger partial charge >= 0.3 is 5.97 Å². The number of aromatic nitrogens is 1. The van der Waals surface area contributed by atoms with Crippen LogP contribution in [-0.4, -0.2) is 48.6 Å². The highest BCUT2D eigenvalue weighted by Crippen LogP contribution is 2.37. The van der Waals surface area contributed by atoms with Crippen molar-refractivity contribution < 1.29 is 19.1 Å². The molecule has 4 rings (SSSR count). The molecule has 1 fully saturated rings. The van der Waals surface area contributed by atoms with Crippen molar-refractivity contribution in [3.8, 4) is 5.75 Å². The van der Waals surface area contributed by atoms with Crippen LogP contribution in [0.25, 0.3) is 10.2 Å². The molecular weight excluding hydrogens is 400 g/mol. The topological polar surface area (TPSA) is 71.6 Å². The minimum Gasteiger partial charge on any atom is -0.497 e. The molecule has 3 aromatic rings. The number of amides is 1. The molecule has 6 nitrogen and oxygen atoms in total. The van der Waals surface area contributed by atoms with E-state index >= 15 is 0 Å². The molecule has 1 aromatic carbocycles. The maximum atomic E-state index is 13.2. The van der Waals surface area contributed by atoms with Crippen molar-refractivity contribution in [3.05, 3.63) is 53.0 Å². The summed E-state index contributed by atoms with van der Waals surface area (Å²) in [7, 11) is 1.63. The minimum atomic E-state index is -0.764. The highest BCUT2D eigenvalue weighted by molar-refractivity contribution is 7.17. The second-order valence-corrected chi connectivity index (χ2v) is 8.69. The Morgan fingerprint density at radius 3 is 2.90 bits per heavy atom. The van der Waals surface area contributed by atoms with E-state index in [4.69, 9.17) is 9.47 Å². The van der Waals surface area contributed by atoms with Crippen molar-refractivity contribution in [2.24, 2.45) is 5.41 Å². The fourth-order valence-corrected chi connectivity index (χ4v) is 5.06. The summed E-state index contributed by atoms with van der Waals surface area (Å²) in [6.45, 7) is 3.10. The zero-order valence-electron chi connectivity index (χ0n) is 17.3. The third-order valence-electron chi connectivity index (χ3n) is 5.72. The Bertz CT molecular complexity index is 1030. The van der Waals surface area contributed by atoms with Crippen LogP contribution in [0.5, 0.6) is 5.75 Å². The summed E-state index contributed by atoms with van der Waals surface area (Å²) < 4.78 is 11.9. The smallest absolute Gasteiger partial charge is 0.314 e. The molecule has 0 bridgehead atoms. The molecule has 0 spiro atoms. The zero-order valence-corrected chi connectivity index (χ0v) is 18.1. The monoisotopic (exact) mass is 426 g/mol. The van der Waals surface area contributed by atoms with Crippen molar-refractivity contribution in [2.75, 3.05) is 26.8 Å². The second kappa shape index (κ2) is 8.52. The Morgan fingerprint density at radius 1 is 1.27 bits per heavy atom. The van der Waals surface area contributed by atoms with Gasteiger partial charge in [-0.2, -0.15) is 0 Å². The number of methoxy groups -OCH3 is 1. The average Bonchev–Trinajstić information content (AvgIpc) is 3.36. The first-order chi connectivity index (χ1) is 14.5. The van der Waals surface area contributed by atoms with Crippen LogP contribution >= 0.6 is 11.3 Å². The standard InChI is InChI=1S/C23H26N2O4S/c1-3-29-22(27)23(14-16-6-4-7-17(12-16)28-2)9-5-10-25(15-23)21(26)19-13-20-18(24-19)8-11-30-20/h4,6-8,11-13,24H,3,5,9-10,14-15H2,1-2H3. The Hall–Kier alpha value is -2.80. The molecule has 1 saturated heterocycles. The number of likely N-dealkylation sites (tertiary alicyclic amines) is 1. The summed E-state index contributed by atoms with van der Waals surface area (Å²) in [6.07, 6.45) is 1.95. The molecule has 0 saturated carbocycles. The SMILES string of the molecule is CCOC(=O)C1(Cc2cccc(OC)c2)CCCN(C(=O)c2cc3sccc3[nH]2)C1. The van der Waals surface area contributed by atoms with Gasteiger partial charge in [0.05, 0.1) is 29.3 Å². The van der Waals surface area contributed by atoms with Crippen LogP contribution in [-0.2, 0) is 16.0 Å². The molecule has 2 aromatic heterocycles. The quantitative estimate of drug-likeness (QED) is 0.598. The van der Waals surface area contributed by atoms with Gasteiger partial charge in [0.1, 0.15) is 11.4 Å². The van der Waals surface area contributed by atoms with Crippen LogP contribution in [0.3, 0.4) is 0 Å². The van der Waals surface area contributed by atoms with Gasteiger partial charge in [0.25, 0.3) is 5.91 Å². The lowest BCUT2D eigenvalue weighted by Crippen LogP contribution is -2.51. The van der Waals surface area contributed by atoms with Crippen molar-refractivity contribution in [1.82, 2.24) is 9.88 Å². The number of aromatic amines is 1. The molecule has 1 amide bonds. The number of H-pyrrole nitrogens is 1. The molecule has 1 aliphatic heterocycles. The number of hydrogen-bond donors (Lipinski definition) is 1. The maximum absolute atomic E-state index is 13.2. The van der Waals surface area contributed by atoms with Gasteiger partial charge in [0.2, 0.25) is 0 Å². The van der Waals surface area contributed by atoms with E-state index < -0.39 is 5.41 Å². The fraction of sp³-hybridized carbons (Fsp3) is 0.391. The van der Waals surface area contributed by atoms with Crippen LogP contribution in [0.2, 0.25) is 0 Å². The number of nitrogens with zero attached hydrogens (tertiary/aromatic N) is 1. The van der Waals surface area contributed by atoms with Gasteiger partial charge in [-0.05, 0) is 61.4 Å². The van der Waals surface area contributed by atoms with Crippen molar-refractivity contribution >= 4 is 33.4 Å². The Morgan fingerprint density at radius 2 is 2.13 bits per heavy atom. The third-order valence-corrected chi connectivity index (χ3v) is 6.58. The first-order valence-corrected chi connectivity index (χ1v) is 11.1. The lowest BCUT2D eigenvalue weighted by molar-refractivity contribution is -0.158. The highest BCUT2D eigenvalue weighted by atomic mass is 32.1. The predicted molar refractivity (Wildman–Crippen MR) is 117 cm³/mol. The van der Waals surface area contributed by atoms with Crippen LogP contribution in [0.1, 0.15) is 35.8 Å². The van der Waals surface area contributed by atoms with Gasteiger partial charge < -0.3 is 19.4 Å². The first kappa shape index (κ1) is 20.5. The van der Waals surface area contributed by atoms with Crippen LogP contribution in [0.15, 0.2) is 41.8 Å². The predicted octanol–water partition coefficient (Wildman–Crippen LogP) is 4.27. The number of esters is 1. The molecule has 1 aliphatic rings. The molecule has 0 radical (unpaired) electrons. The van der Waals surface area contributed by atoms with E-state index in [2.05, 4.69) is 4.98 Å². The van der Waals surface area contributed by atoms with E-state index in [1.807, 2.05) is 48.7 Å². The van der Waals surface area contributed by atoms with Crippen LogP contribution in [0.4, 0.5) is 0 Å². The molecular formula is C23H26N2O4S. The number of benzene rings is 1. The van der Waals surface area contributed by atoms with E-state index in [9.17, 15) is 9.59 Å². The van der Waals surface area contributed by atoms with Gasteiger partial charge in [-0.1, -0.05) is 12.1 Å². The number of thiophene rings is 1. The van der Waals surface area contributed by atoms with Gasteiger partial charge in [-0.15, -0.1) is 11.3 Å². The molecule has 1 unspecified atom stereocenters. The number of fused-ring (bicyclic) bond motifs is 1. The van der Waals surface area contributed by atoms with Crippen molar-refractivity contribution in [1.29, 1.82) is 0 Å². The summed E-state index contributed by atoms with van der Waals surface area (Å²) in [5, 5.41) is 2.00. The minimum absolute atomic E-state index is 0.0718. The fourth-order valence-electron chi connectivity index (χ4n) is 4.28. The zero-order chi connectivity index (χ0) is 21.1. The second-order valence-electron chi connectivity index (χ2n) is 7.74. The number of nitrogens with one attached hydrogen (secondary N) is 1. The number of carbonyl (C=O) groups excluding carboxylic acids is 2. The molecule has 7 heteroatoms. The summed E-state index contributed by atoms with van der Waals surface area (Å²) in [5.74, 6) is 0.442. The summed E-state index contributed by atoms with van der Waals surface area (Å²) in [5.41, 5.74) is 1.77. The van der Waals surface area contributed by atoms with Crippen molar-refractivity contribution in [2.45, 2.75) is 26.2 Å². The number of carbonyl (C=O) groups is 2. The molecule has 158 valence electrons. The van der Waals surface area contributed by atoms with E-state index in [1.165, 1.54) is 0 Å². The van der Waals surface area contributed by atoms with E-state index in [0.717, 1.165) is 28.0 Å². The van der Waals surface area contributed by atoms with Gasteiger partial charge in [0, 0.05) is 13.1 Å². The van der Waals surface area contributed by atoms with Crippen LogP contribution in [0, 0.1) is 5.41 Å². The Labute approximate surface area is 179 Å². The van der Waals surface area contributed by atoms with E-state index in [1.54, 1.807) is 23.3 Å². The lowest BCUT2D eigenvalue weighted by Gasteiger charge is -2.41. The van der Waals surface area contributed by atoms with Gasteiger partial charge in [-0.3, -0.25) is 9.59 Å². The molecule has 1 atom stereocenters. The third kappa shape index (κ3) is 3.94. The Balaban J connectivity index is 1.61. The number of hydrogen-bond acceptors (Lipinski definition) is 5. The lowest BCUT2D eigenvalue weighted by atomic mass is 9.75. The summed E-state index contributed by atoms with van der Waals surface area (Å²) in [4.78, 5) is 31.3. The van der Waals surface area contributed by atoms with Gasteiger partial charge in [0.15, 0.2) is 0 Å². The maximum Gasteiger partial charge on any atom is 0.314 e.